The normalized spacial score (nSPS) is 26.0. The van der Waals surface area contributed by atoms with E-state index in [1.807, 2.05) is 12.1 Å². The molecule has 2 atom stereocenters. The SMILES string of the molecule is C[C@@]1(C(=O)N2CCC[C@H](n3cncn3)C2)Cc2ccccc2C(=O)O1. The van der Waals surface area contributed by atoms with Crippen molar-refractivity contribution < 1.29 is 14.3 Å². The molecular weight excluding hydrogens is 320 g/mol. The lowest BCUT2D eigenvalue weighted by Crippen LogP contribution is -2.55. The van der Waals surface area contributed by atoms with Gasteiger partial charge in [0.25, 0.3) is 5.91 Å². The fourth-order valence-electron chi connectivity index (χ4n) is 3.75. The molecule has 0 saturated carbocycles. The summed E-state index contributed by atoms with van der Waals surface area (Å²) in [5.74, 6) is -0.567. The summed E-state index contributed by atoms with van der Waals surface area (Å²) in [5.41, 5.74) is 0.252. The monoisotopic (exact) mass is 340 g/mol. The summed E-state index contributed by atoms with van der Waals surface area (Å²) in [5, 5.41) is 4.19. The van der Waals surface area contributed by atoms with Crippen molar-refractivity contribution in [2.75, 3.05) is 13.1 Å². The van der Waals surface area contributed by atoms with Gasteiger partial charge in [0.05, 0.1) is 11.6 Å². The zero-order valence-corrected chi connectivity index (χ0v) is 14.1. The molecule has 7 nitrogen and oxygen atoms in total. The Bertz CT molecular complexity index is 804. The van der Waals surface area contributed by atoms with Crippen molar-refractivity contribution in [2.24, 2.45) is 0 Å². The van der Waals surface area contributed by atoms with Crippen molar-refractivity contribution in [2.45, 2.75) is 37.8 Å². The number of cyclic esters (lactones) is 1. The number of fused-ring (bicyclic) bond motifs is 1. The molecule has 1 aromatic carbocycles. The second kappa shape index (κ2) is 5.98. The lowest BCUT2D eigenvalue weighted by atomic mass is 9.88. The Balaban J connectivity index is 1.55. The number of rotatable bonds is 2. The molecule has 2 aliphatic heterocycles. The maximum Gasteiger partial charge on any atom is 0.339 e. The van der Waals surface area contributed by atoms with Crippen LogP contribution in [0.5, 0.6) is 0 Å². The topological polar surface area (TPSA) is 77.3 Å². The van der Waals surface area contributed by atoms with Crippen LogP contribution in [0.2, 0.25) is 0 Å². The van der Waals surface area contributed by atoms with Gasteiger partial charge >= 0.3 is 5.97 Å². The molecule has 130 valence electrons. The van der Waals surface area contributed by atoms with E-state index in [4.69, 9.17) is 4.74 Å². The Morgan fingerprint density at radius 2 is 2.20 bits per heavy atom. The molecule has 3 heterocycles. The lowest BCUT2D eigenvalue weighted by Gasteiger charge is -2.40. The molecule has 4 rings (SSSR count). The number of carbonyl (C=O) groups is 2. The number of ether oxygens (including phenoxy) is 1. The molecule has 0 bridgehead atoms. The highest BCUT2D eigenvalue weighted by atomic mass is 16.6. The smallest absolute Gasteiger partial charge is 0.339 e. The molecule has 1 amide bonds. The van der Waals surface area contributed by atoms with Gasteiger partial charge < -0.3 is 9.64 Å². The number of piperidine rings is 1. The second-order valence-corrected chi connectivity index (χ2v) is 6.88. The highest BCUT2D eigenvalue weighted by molar-refractivity contribution is 5.97. The summed E-state index contributed by atoms with van der Waals surface area (Å²) in [7, 11) is 0. The number of carbonyl (C=O) groups excluding carboxylic acids is 2. The Kier molecular flexibility index (Phi) is 3.78. The first-order valence-electron chi connectivity index (χ1n) is 8.51. The molecule has 2 aromatic rings. The molecule has 0 N–H and O–H groups in total. The first-order chi connectivity index (χ1) is 12.1. The van der Waals surface area contributed by atoms with Crippen molar-refractivity contribution in [3.05, 3.63) is 48.0 Å². The number of hydrogen-bond acceptors (Lipinski definition) is 5. The van der Waals surface area contributed by atoms with Crippen LogP contribution in [0.25, 0.3) is 0 Å². The fraction of sp³-hybridized carbons (Fsp3) is 0.444. The van der Waals surface area contributed by atoms with Crippen LogP contribution < -0.4 is 0 Å². The van der Waals surface area contributed by atoms with E-state index in [1.165, 1.54) is 6.33 Å². The highest BCUT2D eigenvalue weighted by Gasteiger charge is 2.45. The summed E-state index contributed by atoms with van der Waals surface area (Å²) in [6.45, 7) is 2.93. The molecule has 0 aliphatic carbocycles. The van der Waals surface area contributed by atoms with Crippen LogP contribution in [0.15, 0.2) is 36.9 Å². The van der Waals surface area contributed by atoms with Crippen molar-refractivity contribution in [3.8, 4) is 0 Å². The third kappa shape index (κ3) is 2.79. The van der Waals surface area contributed by atoms with Crippen LogP contribution in [0, 0.1) is 0 Å². The minimum atomic E-state index is -1.16. The Morgan fingerprint density at radius 3 is 3.00 bits per heavy atom. The van der Waals surface area contributed by atoms with Crippen LogP contribution in [0.1, 0.15) is 41.7 Å². The van der Waals surface area contributed by atoms with E-state index in [9.17, 15) is 9.59 Å². The zero-order valence-electron chi connectivity index (χ0n) is 14.1. The first kappa shape index (κ1) is 15.8. The van der Waals surface area contributed by atoms with E-state index >= 15 is 0 Å². The number of nitrogens with zero attached hydrogens (tertiary/aromatic N) is 4. The number of aromatic nitrogens is 3. The van der Waals surface area contributed by atoms with Crippen LogP contribution in [-0.2, 0) is 16.0 Å². The van der Waals surface area contributed by atoms with Crippen molar-refractivity contribution in [3.63, 3.8) is 0 Å². The van der Waals surface area contributed by atoms with Gasteiger partial charge in [-0.3, -0.25) is 4.79 Å². The van der Waals surface area contributed by atoms with Gasteiger partial charge in [-0.1, -0.05) is 18.2 Å². The summed E-state index contributed by atoms with van der Waals surface area (Å²) < 4.78 is 7.37. The van der Waals surface area contributed by atoms with E-state index in [-0.39, 0.29) is 11.9 Å². The number of hydrogen-bond donors (Lipinski definition) is 0. The molecule has 2 aliphatic rings. The van der Waals surface area contributed by atoms with Gasteiger partial charge in [0.2, 0.25) is 0 Å². The zero-order chi connectivity index (χ0) is 17.4. The van der Waals surface area contributed by atoms with Gasteiger partial charge in [0.15, 0.2) is 5.60 Å². The Hall–Kier alpha value is -2.70. The van der Waals surface area contributed by atoms with Crippen LogP contribution in [0.3, 0.4) is 0 Å². The lowest BCUT2D eigenvalue weighted by molar-refractivity contribution is -0.152. The van der Waals surface area contributed by atoms with E-state index in [1.54, 1.807) is 35.0 Å². The summed E-state index contributed by atoms with van der Waals surface area (Å²) in [4.78, 5) is 31.2. The Labute approximate surface area is 145 Å². The van der Waals surface area contributed by atoms with E-state index < -0.39 is 11.6 Å². The van der Waals surface area contributed by atoms with Gasteiger partial charge in [-0.2, -0.15) is 5.10 Å². The second-order valence-electron chi connectivity index (χ2n) is 6.88. The van der Waals surface area contributed by atoms with Crippen molar-refractivity contribution in [1.82, 2.24) is 19.7 Å². The fourth-order valence-corrected chi connectivity index (χ4v) is 3.75. The summed E-state index contributed by atoms with van der Waals surface area (Å²) in [6, 6.07) is 7.41. The van der Waals surface area contributed by atoms with Crippen LogP contribution >= 0.6 is 0 Å². The van der Waals surface area contributed by atoms with Gasteiger partial charge in [-0.15, -0.1) is 0 Å². The van der Waals surface area contributed by atoms with E-state index in [0.717, 1.165) is 18.4 Å². The molecule has 7 heteroatoms. The maximum absolute atomic E-state index is 13.1. The van der Waals surface area contributed by atoms with Crippen LogP contribution in [0.4, 0.5) is 0 Å². The average molecular weight is 340 g/mol. The van der Waals surface area contributed by atoms with E-state index in [2.05, 4.69) is 10.1 Å². The van der Waals surface area contributed by atoms with Crippen LogP contribution in [-0.4, -0.2) is 50.2 Å². The number of amides is 1. The minimum Gasteiger partial charge on any atom is -0.445 e. The molecule has 0 unspecified atom stereocenters. The van der Waals surface area contributed by atoms with E-state index in [0.29, 0.717) is 25.1 Å². The Morgan fingerprint density at radius 1 is 1.36 bits per heavy atom. The molecule has 0 spiro atoms. The summed E-state index contributed by atoms with van der Waals surface area (Å²) in [6.07, 6.45) is 5.42. The number of benzene rings is 1. The average Bonchev–Trinajstić information content (AvgIpc) is 3.16. The van der Waals surface area contributed by atoms with Gasteiger partial charge in [-0.25, -0.2) is 14.5 Å². The third-order valence-electron chi connectivity index (χ3n) is 5.03. The molecular formula is C18H20N4O3. The molecule has 1 aromatic heterocycles. The highest BCUT2D eigenvalue weighted by Crippen LogP contribution is 2.31. The molecule has 1 saturated heterocycles. The first-order valence-corrected chi connectivity index (χ1v) is 8.51. The molecule has 1 fully saturated rings. The third-order valence-corrected chi connectivity index (χ3v) is 5.03. The summed E-state index contributed by atoms with van der Waals surface area (Å²) >= 11 is 0. The van der Waals surface area contributed by atoms with Gasteiger partial charge in [0.1, 0.15) is 12.7 Å². The molecule has 25 heavy (non-hydrogen) atoms. The molecule has 0 radical (unpaired) electrons. The minimum absolute atomic E-state index is 0.107. The van der Waals surface area contributed by atoms with Gasteiger partial charge in [-0.05, 0) is 31.4 Å². The quantitative estimate of drug-likeness (QED) is 0.776. The number of esters is 1. The number of likely N-dealkylation sites (tertiary alicyclic amines) is 1. The standard InChI is InChI=1S/C18H20N4O3/c1-18(9-13-5-2-3-7-15(13)16(23)25-18)17(24)21-8-4-6-14(10-21)22-12-19-11-20-22/h2-3,5,7,11-12,14H,4,6,8-10H2,1H3/t14-,18-/m0/s1. The van der Waals surface area contributed by atoms with Crippen molar-refractivity contribution >= 4 is 11.9 Å². The maximum atomic E-state index is 13.1. The van der Waals surface area contributed by atoms with Gasteiger partial charge in [0, 0.05) is 19.5 Å². The van der Waals surface area contributed by atoms with Crippen molar-refractivity contribution in [1.29, 1.82) is 0 Å². The largest absolute Gasteiger partial charge is 0.445 e. The predicted molar refractivity (Wildman–Crippen MR) is 88.8 cm³/mol. The predicted octanol–water partition coefficient (Wildman–Crippen LogP) is 1.61.